The Kier molecular flexibility index (Phi) is 13.4. The van der Waals surface area contributed by atoms with Crippen LogP contribution in [0.15, 0.2) is 12.1 Å². The van der Waals surface area contributed by atoms with Gasteiger partial charge in [-0.25, -0.2) is 0 Å². The highest BCUT2D eigenvalue weighted by Crippen LogP contribution is 2.34. The molecule has 1 aromatic carbocycles. The summed E-state index contributed by atoms with van der Waals surface area (Å²) in [4.78, 5) is 2.18. The van der Waals surface area contributed by atoms with Crippen LogP contribution in [0.25, 0.3) is 0 Å². The molecule has 0 aliphatic rings. The maximum Gasteiger partial charge on any atom is 0.164 e. The number of rotatable bonds is 9. The summed E-state index contributed by atoms with van der Waals surface area (Å²) in [5.74, 6) is 2.21. The molecule has 0 saturated carbocycles. The molecule has 0 aromatic heterocycles. The van der Waals surface area contributed by atoms with Crippen molar-refractivity contribution in [3.8, 4) is 17.2 Å². The SMILES string of the molecule is COc1cc(OC)c(OC)cc1CNCCCN(C)C.Cl.Cl. The Morgan fingerprint density at radius 2 is 1.45 bits per heavy atom. The second-order valence-corrected chi connectivity index (χ2v) is 4.85. The molecular formula is C15H28Cl2N2O3. The average molecular weight is 355 g/mol. The van der Waals surface area contributed by atoms with E-state index < -0.39 is 0 Å². The predicted octanol–water partition coefficient (Wildman–Crippen LogP) is 2.60. The van der Waals surface area contributed by atoms with Gasteiger partial charge in [0.2, 0.25) is 0 Å². The van der Waals surface area contributed by atoms with Crippen LogP contribution in [0.1, 0.15) is 12.0 Å². The monoisotopic (exact) mass is 354 g/mol. The molecule has 1 rings (SSSR count). The van der Waals surface area contributed by atoms with E-state index in [1.807, 2.05) is 12.1 Å². The fourth-order valence-electron chi connectivity index (χ4n) is 1.97. The van der Waals surface area contributed by atoms with Crippen LogP contribution in [-0.4, -0.2) is 53.4 Å². The minimum Gasteiger partial charge on any atom is -0.496 e. The lowest BCUT2D eigenvalue weighted by molar-refractivity contribution is 0.347. The van der Waals surface area contributed by atoms with E-state index in [0.29, 0.717) is 5.75 Å². The second kappa shape index (κ2) is 12.6. The van der Waals surface area contributed by atoms with Crippen LogP contribution in [0, 0.1) is 0 Å². The summed E-state index contributed by atoms with van der Waals surface area (Å²) >= 11 is 0. The third kappa shape index (κ3) is 7.40. The van der Waals surface area contributed by atoms with Crippen molar-refractivity contribution in [2.45, 2.75) is 13.0 Å². The minimum absolute atomic E-state index is 0. The van der Waals surface area contributed by atoms with Crippen LogP contribution in [-0.2, 0) is 6.54 Å². The molecule has 1 aromatic rings. The molecule has 0 aliphatic carbocycles. The Bertz CT molecular complexity index is 418. The number of methoxy groups -OCH3 is 3. The number of halogens is 2. The molecule has 0 atom stereocenters. The van der Waals surface area contributed by atoms with Crippen molar-refractivity contribution in [2.24, 2.45) is 0 Å². The van der Waals surface area contributed by atoms with Gasteiger partial charge in [0, 0.05) is 18.2 Å². The third-order valence-corrected chi connectivity index (χ3v) is 3.06. The van der Waals surface area contributed by atoms with Gasteiger partial charge in [0.15, 0.2) is 11.5 Å². The van der Waals surface area contributed by atoms with Crippen molar-refractivity contribution in [1.82, 2.24) is 10.2 Å². The van der Waals surface area contributed by atoms with E-state index in [-0.39, 0.29) is 24.8 Å². The highest BCUT2D eigenvalue weighted by Gasteiger charge is 2.11. The van der Waals surface area contributed by atoms with Crippen molar-refractivity contribution in [3.63, 3.8) is 0 Å². The molecule has 0 bridgehead atoms. The predicted molar refractivity (Wildman–Crippen MR) is 95.5 cm³/mol. The Balaban J connectivity index is 0. The number of hydrogen-bond acceptors (Lipinski definition) is 5. The molecule has 0 fully saturated rings. The fourth-order valence-corrected chi connectivity index (χ4v) is 1.97. The molecule has 0 radical (unpaired) electrons. The van der Waals surface area contributed by atoms with E-state index in [0.717, 1.165) is 43.1 Å². The largest absolute Gasteiger partial charge is 0.496 e. The lowest BCUT2D eigenvalue weighted by atomic mass is 10.1. The Morgan fingerprint density at radius 1 is 0.909 bits per heavy atom. The van der Waals surface area contributed by atoms with Gasteiger partial charge in [-0.05, 0) is 39.7 Å². The maximum absolute atomic E-state index is 5.40. The lowest BCUT2D eigenvalue weighted by Crippen LogP contribution is -2.21. The van der Waals surface area contributed by atoms with Crippen molar-refractivity contribution < 1.29 is 14.2 Å². The van der Waals surface area contributed by atoms with Gasteiger partial charge in [-0.1, -0.05) is 0 Å². The first-order valence-corrected chi connectivity index (χ1v) is 6.76. The Morgan fingerprint density at radius 3 is 1.95 bits per heavy atom. The van der Waals surface area contributed by atoms with E-state index >= 15 is 0 Å². The van der Waals surface area contributed by atoms with E-state index in [4.69, 9.17) is 14.2 Å². The first-order valence-electron chi connectivity index (χ1n) is 6.76. The van der Waals surface area contributed by atoms with Gasteiger partial charge in [-0.3, -0.25) is 0 Å². The topological polar surface area (TPSA) is 43.0 Å². The summed E-state index contributed by atoms with van der Waals surface area (Å²) in [5, 5.41) is 3.42. The molecule has 1 N–H and O–H groups in total. The second-order valence-electron chi connectivity index (χ2n) is 4.85. The van der Waals surface area contributed by atoms with E-state index in [2.05, 4.69) is 24.3 Å². The molecular weight excluding hydrogens is 327 g/mol. The van der Waals surface area contributed by atoms with Crippen LogP contribution in [0.5, 0.6) is 17.2 Å². The van der Waals surface area contributed by atoms with Crippen LogP contribution in [0.3, 0.4) is 0 Å². The standard InChI is InChI=1S/C15H26N2O3.2ClH/c1-17(2)8-6-7-16-11-12-9-14(19-4)15(20-5)10-13(12)18-3;;/h9-10,16H,6-8,11H2,1-5H3;2*1H. The first kappa shape index (κ1) is 23.4. The highest BCUT2D eigenvalue weighted by atomic mass is 35.5. The van der Waals surface area contributed by atoms with Crippen LogP contribution in [0.2, 0.25) is 0 Å². The Hall–Kier alpha value is -0.880. The number of nitrogens with zero attached hydrogens (tertiary/aromatic N) is 1. The third-order valence-electron chi connectivity index (χ3n) is 3.06. The van der Waals surface area contributed by atoms with E-state index in [9.17, 15) is 0 Å². The van der Waals surface area contributed by atoms with Gasteiger partial charge >= 0.3 is 0 Å². The molecule has 0 aliphatic heterocycles. The number of hydrogen-bond donors (Lipinski definition) is 1. The molecule has 0 unspecified atom stereocenters. The number of benzene rings is 1. The maximum atomic E-state index is 5.40. The summed E-state index contributed by atoms with van der Waals surface area (Å²) in [6.45, 7) is 2.79. The van der Waals surface area contributed by atoms with Crippen molar-refractivity contribution in [2.75, 3.05) is 48.5 Å². The van der Waals surface area contributed by atoms with Crippen molar-refractivity contribution in [3.05, 3.63) is 17.7 Å². The molecule has 0 amide bonds. The molecule has 0 saturated heterocycles. The zero-order chi connectivity index (χ0) is 15.0. The highest BCUT2D eigenvalue weighted by molar-refractivity contribution is 5.85. The van der Waals surface area contributed by atoms with E-state index in [1.54, 1.807) is 21.3 Å². The molecule has 5 nitrogen and oxygen atoms in total. The van der Waals surface area contributed by atoms with Gasteiger partial charge in [-0.15, -0.1) is 24.8 Å². The van der Waals surface area contributed by atoms with Crippen LogP contribution >= 0.6 is 24.8 Å². The molecule has 22 heavy (non-hydrogen) atoms. The fraction of sp³-hybridized carbons (Fsp3) is 0.600. The summed E-state index contributed by atoms with van der Waals surface area (Å²) in [5.41, 5.74) is 1.06. The first-order chi connectivity index (χ1) is 9.62. The van der Waals surface area contributed by atoms with Crippen LogP contribution in [0.4, 0.5) is 0 Å². The van der Waals surface area contributed by atoms with Gasteiger partial charge in [0.1, 0.15) is 5.75 Å². The number of ether oxygens (including phenoxy) is 3. The smallest absolute Gasteiger partial charge is 0.164 e. The average Bonchev–Trinajstić information content (AvgIpc) is 2.45. The lowest BCUT2D eigenvalue weighted by Gasteiger charge is -2.15. The minimum atomic E-state index is 0. The number of nitrogens with one attached hydrogen (secondary N) is 1. The summed E-state index contributed by atoms with van der Waals surface area (Å²) < 4.78 is 16.0. The quantitative estimate of drug-likeness (QED) is 0.690. The summed E-state index contributed by atoms with van der Waals surface area (Å²) in [6.07, 6.45) is 1.11. The molecule has 7 heteroatoms. The molecule has 0 heterocycles. The zero-order valence-electron chi connectivity index (χ0n) is 14.0. The van der Waals surface area contributed by atoms with Crippen LogP contribution < -0.4 is 19.5 Å². The van der Waals surface area contributed by atoms with Crippen molar-refractivity contribution >= 4 is 24.8 Å². The normalized spacial score (nSPS) is 9.73. The molecule has 130 valence electrons. The van der Waals surface area contributed by atoms with Crippen molar-refractivity contribution in [1.29, 1.82) is 0 Å². The summed E-state index contributed by atoms with van der Waals surface area (Å²) in [7, 11) is 9.08. The van der Waals surface area contributed by atoms with Gasteiger partial charge in [-0.2, -0.15) is 0 Å². The van der Waals surface area contributed by atoms with Gasteiger partial charge < -0.3 is 24.4 Å². The Labute approximate surface area is 146 Å². The van der Waals surface area contributed by atoms with Gasteiger partial charge in [0.05, 0.1) is 21.3 Å². The zero-order valence-corrected chi connectivity index (χ0v) is 15.6. The van der Waals surface area contributed by atoms with E-state index in [1.165, 1.54) is 0 Å². The summed E-state index contributed by atoms with van der Waals surface area (Å²) in [6, 6.07) is 3.81. The molecule has 0 spiro atoms. The van der Waals surface area contributed by atoms with Gasteiger partial charge in [0.25, 0.3) is 0 Å².